The van der Waals surface area contributed by atoms with Gasteiger partial charge in [0.2, 0.25) is 0 Å². The number of H-pyrrole nitrogens is 1. The predicted molar refractivity (Wildman–Crippen MR) is 137 cm³/mol. The third-order valence-electron chi connectivity index (χ3n) is 6.25. The zero-order chi connectivity index (χ0) is 23.5. The number of nitrogens with one attached hydrogen (secondary N) is 1. The number of carboxylic acids is 1. The lowest BCUT2D eigenvalue weighted by atomic mass is 9.99. The number of fused-ring (bicyclic) bond motifs is 2. The lowest BCUT2D eigenvalue weighted by molar-refractivity contribution is -0.142. The van der Waals surface area contributed by atoms with Crippen molar-refractivity contribution < 1.29 is 9.90 Å². The van der Waals surface area contributed by atoms with Gasteiger partial charge in [0.15, 0.2) is 5.16 Å². The van der Waals surface area contributed by atoms with E-state index in [-0.39, 0.29) is 0 Å². The van der Waals surface area contributed by atoms with Crippen LogP contribution < -0.4 is 0 Å². The van der Waals surface area contributed by atoms with Gasteiger partial charge in [0.25, 0.3) is 0 Å². The van der Waals surface area contributed by atoms with Crippen molar-refractivity contribution in [1.29, 1.82) is 0 Å². The Balaban J connectivity index is 1.25. The maximum Gasteiger partial charge on any atom is 0.321 e. The summed E-state index contributed by atoms with van der Waals surface area (Å²) in [5.41, 5.74) is 6.64. The van der Waals surface area contributed by atoms with E-state index in [1.807, 2.05) is 42.6 Å². The number of para-hydroxylation sites is 2. The SMILES string of the molecule is Cc1c(SCC(C(=O)O)N2CCc3ccccc3C2)ccnc1CSc1nc2ccccc2[nH]1. The number of rotatable bonds is 8. The van der Waals surface area contributed by atoms with Crippen molar-refractivity contribution in [2.24, 2.45) is 0 Å². The van der Waals surface area contributed by atoms with Gasteiger partial charge in [0, 0.05) is 35.7 Å². The van der Waals surface area contributed by atoms with E-state index in [0.717, 1.165) is 45.3 Å². The van der Waals surface area contributed by atoms with E-state index in [0.29, 0.717) is 18.1 Å². The molecule has 2 aromatic carbocycles. The molecule has 0 radical (unpaired) electrons. The summed E-state index contributed by atoms with van der Waals surface area (Å²) in [5, 5.41) is 10.8. The maximum atomic E-state index is 12.1. The number of aliphatic carboxylic acids is 1. The van der Waals surface area contributed by atoms with E-state index in [1.165, 1.54) is 11.1 Å². The number of hydrogen-bond acceptors (Lipinski definition) is 6. The van der Waals surface area contributed by atoms with Crippen molar-refractivity contribution in [3.05, 3.63) is 83.2 Å². The standard InChI is InChI=1S/C26H26N4O2S2/c1-17-22(15-34-26-28-20-8-4-5-9-21(20)29-26)27-12-10-24(17)33-16-23(25(31)32)30-13-11-18-6-2-3-7-19(18)14-30/h2-10,12,23H,11,13-16H2,1H3,(H,28,29)(H,31,32). The minimum atomic E-state index is -0.765. The van der Waals surface area contributed by atoms with Crippen molar-refractivity contribution >= 4 is 40.5 Å². The van der Waals surface area contributed by atoms with E-state index in [2.05, 4.69) is 45.0 Å². The van der Waals surface area contributed by atoms with Crippen LogP contribution in [0.5, 0.6) is 0 Å². The lowest BCUT2D eigenvalue weighted by Gasteiger charge is -2.33. The Labute approximate surface area is 207 Å². The molecule has 0 bridgehead atoms. The number of carbonyl (C=O) groups is 1. The zero-order valence-corrected chi connectivity index (χ0v) is 20.5. The molecule has 1 atom stereocenters. The highest BCUT2D eigenvalue weighted by atomic mass is 32.2. The minimum Gasteiger partial charge on any atom is -0.480 e. The summed E-state index contributed by atoms with van der Waals surface area (Å²) in [6, 6.07) is 17.8. The van der Waals surface area contributed by atoms with Gasteiger partial charge in [-0.15, -0.1) is 11.8 Å². The number of hydrogen-bond donors (Lipinski definition) is 2. The third kappa shape index (κ3) is 4.99. The van der Waals surface area contributed by atoms with Gasteiger partial charge in [-0.05, 0) is 48.2 Å². The summed E-state index contributed by atoms with van der Waals surface area (Å²) >= 11 is 3.23. The number of aromatic nitrogens is 3. The van der Waals surface area contributed by atoms with Crippen molar-refractivity contribution in [2.75, 3.05) is 12.3 Å². The number of pyridine rings is 1. The van der Waals surface area contributed by atoms with Gasteiger partial charge in [0.05, 0.1) is 16.7 Å². The first-order valence-electron chi connectivity index (χ1n) is 11.3. The molecule has 3 heterocycles. The molecule has 2 N–H and O–H groups in total. The molecule has 8 heteroatoms. The first-order chi connectivity index (χ1) is 16.6. The number of benzene rings is 2. The van der Waals surface area contributed by atoms with Gasteiger partial charge in [-0.1, -0.05) is 48.2 Å². The minimum absolute atomic E-state index is 0.499. The molecule has 1 aliphatic heterocycles. The Morgan fingerprint density at radius 2 is 1.91 bits per heavy atom. The van der Waals surface area contributed by atoms with E-state index >= 15 is 0 Å². The number of imidazole rings is 1. The molecule has 34 heavy (non-hydrogen) atoms. The second kappa shape index (κ2) is 10.2. The van der Waals surface area contributed by atoms with Crippen LogP contribution in [0.1, 0.15) is 22.4 Å². The highest BCUT2D eigenvalue weighted by Gasteiger charge is 2.29. The molecule has 0 spiro atoms. The lowest BCUT2D eigenvalue weighted by Crippen LogP contribution is -2.45. The fourth-order valence-corrected chi connectivity index (χ4v) is 6.37. The molecule has 4 aromatic rings. The smallest absolute Gasteiger partial charge is 0.321 e. The van der Waals surface area contributed by atoms with Crippen LogP contribution in [0, 0.1) is 6.92 Å². The predicted octanol–water partition coefficient (Wildman–Crippen LogP) is 5.16. The largest absolute Gasteiger partial charge is 0.480 e. The van der Waals surface area contributed by atoms with Crippen LogP contribution >= 0.6 is 23.5 Å². The van der Waals surface area contributed by atoms with Gasteiger partial charge < -0.3 is 10.1 Å². The van der Waals surface area contributed by atoms with E-state index in [4.69, 9.17) is 0 Å². The second-order valence-electron chi connectivity index (χ2n) is 8.38. The van der Waals surface area contributed by atoms with Gasteiger partial charge in [0.1, 0.15) is 6.04 Å². The van der Waals surface area contributed by atoms with Crippen LogP contribution in [0.3, 0.4) is 0 Å². The van der Waals surface area contributed by atoms with Crippen molar-refractivity contribution in [2.45, 2.75) is 41.7 Å². The number of carboxylic acid groups (broad SMARTS) is 1. The Morgan fingerprint density at radius 3 is 2.74 bits per heavy atom. The topological polar surface area (TPSA) is 82.1 Å². The first-order valence-corrected chi connectivity index (χ1v) is 13.2. The van der Waals surface area contributed by atoms with Crippen LogP contribution in [-0.4, -0.2) is 49.3 Å². The van der Waals surface area contributed by atoms with Crippen LogP contribution in [-0.2, 0) is 23.5 Å². The Hall–Kier alpha value is -2.81. The second-order valence-corrected chi connectivity index (χ2v) is 10.4. The van der Waals surface area contributed by atoms with Crippen LogP contribution in [0.25, 0.3) is 11.0 Å². The van der Waals surface area contributed by atoms with Gasteiger partial charge in [-0.25, -0.2) is 4.98 Å². The molecule has 6 nitrogen and oxygen atoms in total. The summed E-state index contributed by atoms with van der Waals surface area (Å²) in [7, 11) is 0. The average Bonchev–Trinajstić information content (AvgIpc) is 3.27. The number of nitrogens with zero attached hydrogens (tertiary/aromatic N) is 3. The molecular formula is C26H26N4O2S2. The maximum absolute atomic E-state index is 12.1. The molecule has 0 amide bonds. The van der Waals surface area contributed by atoms with Gasteiger partial charge in [-0.2, -0.15) is 0 Å². The zero-order valence-electron chi connectivity index (χ0n) is 18.9. The van der Waals surface area contributed by atoms with E-state index in [9.17, 15) is 9.90 Å². The van der Waals surface area contributed by atoms with Crippen LogP contribution in [0.15, 0.2) is 70.8 Å². The van der Waals surface area contributed by atoms with Crippen LogP contribution in [0.4, 0.5) is 0 Å². The highest BCUT2D eigenvalue weighted by molar-refractivity contribution is 7.99. The van der Waals surface area contributed by atoms with Gasteiger partial charge >= 0.3 is 5.97 Å². The Kier molecular flexibility index (Phi) is 6.89. The monoisotopic (exact) mass is 490 g/mol. The molecule has 0 saturated heterocycles. The molecular weight excluding hydrogens is 464 g/mol. The summed E-state index contributed by atoms with van der Waals surface area (Å²) in [4.78, 5) is 27.9. The van der Waals surface area contributed by atoms with E-state index < -0.39 is 12.0 Å². The van der Waals surface area contributed by atoms with Crippen molar-refractivity contribution in [1.82, 2.24) is 19.9 Å². The van der Waals surface area contributed by atoms with Gasteiger partial charge in [-0.3, -0.25) is 14.7 Å². The fraction of sp³-hybridized carbons (Fsp3) is 0.269. The molecule has 0 saturated carbocycles. The molecule has 0 fully saturated rings. The quantitative estimate of drug-likeness (QED) is 0.330. The molecule has 2 aromatic heterocycles. The summed E-state index contributed by atoms with van der Waals surface area (Å²) in [6.45, 7) is 3.52. The molecule has 1 aliphatic rings. The third-order valence-corrected chi connectivity index (χ3v) is 8.37. The Morgan fingerprint density at radius 1 is 1.12 bits per heavy atom. The molecule has 0 aliphatic carbocycles. The van der Waals surface area contributed by atoms with E-state index in [1.54, 1.807) is 23.5 Å². The number of aromatic amines is 1. The molecule has 5 rings (SSSR count). The summed E-state index contributed by atoms with van der Waals surface area (Å²) < 4.78 is 0. The van der Waals surface area contributed by atoms with Crippen molar-refractivity contribution in [3.63, 3.8) is 0 Å². The fourth-order valence-electron chi connectivity index (χ4n) is 4.28. The summed E-state index contributed by atoms with van der Waals surface area (Å²) in [5.74, 6) is 0.434. The molecule has 174 valence electrons. The average molecular weight is 491 g/mol. The highest BCUT2D eigenvalue weighted by Crippen LogP contribution is 2.30. The molecule has 1 unspecified atom stereocenters. The van der Waals surface area contributed by atoms with Crippen LogP contribution in [0.2, 0.25) is 0 Å². The van der Waals surface area contributed by atoms with Crippen molar-refractivity contribution in [3.8, 4) is 0 Å². The normalized spacial score (nSPS) is 14.7. The first kappa shape index (κ1) is 23.0. The number of thioether (sulfide) groups is 2. The summed E-state index contributed by atoms with van der Waals surface area (Å²) in [6.07, 6.45) is 2.71. The Bertz CT molecular complexity index is 1290.